The van der Waals surface area contributed by atoms with Crippen LogP contribution in [0.4, 0.5) is 0 Å². The molecule has 0 amide bonds. The van der Waals surface area contributed by atoms with E-state index in [1.54, 1.807) is 20.1 Å². The third kappa shape index (κ3) is 11.1. The van der Waals surface area contributed by atoms with E-state index in [9.17, 15) is 9.59 Å². The summed E-state index contributed by atoms with van der Waals surface area (Å²) in [6.45, 7) is 15.0. The fourth-order valence-corrected chi connectivity index (χ4v) is 1.26. The van der Waals surface area contributed by atoms with Crippen LogP contribution in [0.3, 0.4) is 0 Å². The Morgan fingerprint density at radius 3 is 1.41 bits per heavy atom. The fraction of sp³-hybridized carbons (Fsp3) is 0.667. The molecule has 0 unspecified atom stereocenters. The summed E-state index contributed by atoms with van der Waals surface area (Å²) in [5.41, 5.74) is -0.454. The molecule has 0 fully saturated rings. The summed E-state index contributed by atoms with van der Waals surface area (Å²) in [6.07, 6.45) is 3.06. The van der Waals surface area contributed by atoms with Crippen molar-refractivity contribution in [3.63, 3.8) is 0 Å². The standard InChI is InChI=1S/C12H22O2.C6H10O2/c1-11(2,3)9(13)8-10(14-7)12(4,5)6;1-5(7)4-6(2)8-3/h8H,1-7H3;4H,1-3H3. The number of carbonyl (C=O) groups excluding carboxylic acids is 2. The van der Waals surface area contributed by atoms with E-state index in [4.69, 9.17) is 9.47 Å². The first-order valence-corrected chi connectivity index (χ1v) is 7.29. The highest BCUT2D eigenvalue weighted by atomic mass is 16.5. The normalized spacial score (nSPS) is 13.0. The smallest absolute Gasteiger partial charge is 0.164 e. The lowest BCUT2D eigenvalue weighted by Crippen LogP contribution is -2.21. The van der Waals surface area contributed by atoms with E-state index in [0.29, 0.717) is 5.76 Å². The quantitative estimate of drug-likeness (QED) is 0.573. The van der Waals surface area contributed by atoms with Gasteiger partial charge in [-0.2, -0.15) is 0 Å². The predicted octanol–water partition coefficient (Wildman–Crippen LogP) is 4.30. The van der Waals surface area contributed by atoms with E-state index in [2.05, 4.69) is 0 Å². The molecule has 0 aliphatic carbocycles. The van der Waals surface area contributed by atoms with Gasteiger partial charge in [0.15, 0.2) is 11.6 Å². The van der Waals surface area contributed by atoms with Crippen LogP contribution in [0.25, 0.3) is 0 Å². The molecule has 0 saturated carbocycles. The van der Waals surface area contributed by atoms with Crippen LogP contribution in [0, 0.1) is 10.8 Å². The van der Waals surface area contributed by atoms with Crippen molar-refractivity contribution >= 4 is 11.6 Å². The molecule has 0 radical (unpaired) electrons. The van der Waals surface area contributed by atoms with Gasteiger partial charge in [-0.25, -0.2) is 0 Å². The van der Waals surface area contributed by atoms with Crippen molar-refractivity contribution in [1.82, 2.24) is 0 Å². The Hall–Kier alpha value is -1.58. The lowest BCUT2D eigenvalue weighted by Gasteiger charge is -2.23. The van der Waals surface area contributed by atoms with Crippen molar-refractivity contribution in [3.8, 4) is 0 Å². The van der Waals surface area contributed by atoms with Crippen LogP contribution >= 0.6 is 0 Å². The minimum absolute atomic E-state index is 0.0179. The average Bonchev–Trinajstić information content (AvgIpc) is 2.32. The van der Waals surface area contributed by atoms with Crippen LogP contribution in [0.1, 0.15) is 55.4 Å². The van der Waals surface area contributed by atoms with Gasteiger partial charge in [-0.15, -0.1) is 0 Å². The fourth-order valence-electron chi connectivity index (χ4n) is 1.26. The topological polar surface area (TPSA) is 52.6 Å². The summed E-state index contributed by atoms with van der Waals surface area (Å²) in [6, 6.07) is 0. The molecule has 0 bridgehead atoms. The van der Waals surface area contributed by atoms with Crippen molar-refractivity contribution in [1.29, 1.82) is 0 Å². The maximum Gasteiger partial charge on any atom is 0.164 e. The molecule has 0 N–H and O–H groups in total. The van der Waals surface area contributed by atoms with Gasteiger partial charge in [-0.1, -0.05) is 41.5 Å². The van der Waals surface area contributed by atoms with E-state index in [1.165, 1.54) is 20.1 Å². The Labute approximate surface area is 135 Å². The van der Waals surface area contributed by atoms with Gasteiger partial charge in [-0.3, -0.25) is 9.59 Å². The number of ether oxygens (including phenoxy) is 2. The zero-order valence-corrected chi connectivity index (χ0v) is 15.8. The van der Waals surface area contributed by atoms with Gasteiger partial charge < -0.3 is 9.47 Å². The monoisotopic (exact) mass is 312 g/mol. The maximum absolute atomic E-state index is 11.7. The van der Waals surface area contributed by atoms with Gasteiger partial charge in [0.1, 0.15) is 5.76 Å². The zero-order valence-electron chi connectivity index (χ0n) is 15.8. The molecule has 0 saturated heterocycles. The lowest BCUT2D eigenvalue weighted by molar-refractivity contribution is -0.121. The first kappa shape index (κ1) is 22.7. The van der Waals surface area contributed by atoms with Crippen LogP contribution in [-0.4, -0.2) is 25.8 Å². The van der Waals surface area contributed by atoms with E-state index in [0.717, 1.165) is 5.76 Å². The van der Waals surface area contributed by atoms with E-state index in [-0.39, 0.29) is 22.4 Å². The first-order valence-electron chi connectivity index (χ1n) is 7.29. The maximum atomic E-state index is 11.7. The highest BCUT2D eigenvalue weighted by molar-refractivity contribution is 5.94. The molecule has 0 aliphatic rings. The molecule has 0 aliphatic heterocycles. The Morgan fingerprint density at radius 1 is 0.773 bits per heavy atom. The number of hydrogen-bond donors (Lipinski definition) is 0. The molecule has 0 aromatic carbocycles. The second-order valence-electron chi connectivity index (χ2n) is 7.15. The predicted molar refractivity (Wildman–Crippen MR) is 90.5 cm³/mol. The van der Waals surface area contributed by atoms with Crippen molar-refractivity contribution in [2.45, 2.75) is 55.4 Å². The molecule has 0 spiro atoms. The summed E-state index contributed by atoms with van der Waals surface area (Å²) < 4.78 is 9.92. The summed E-state index contributed by atoms with van der Waals surface area (Å²) in [7, 11) is 3.14. The Balaban J connectivity index is 0. The van der Waals surface area contributed by atoms with Crippen molar-refractivity contribution in [3.05, 3.63) is 23.7 Å². The summed E-state index contributed by atoms with van der Waals surface area (Å²) in [5.74, 6) is 1.50. The number of allylic oxidation sites excluding steroid dienone is 4. The molecular formula is C18H32O4. The van der Waals surface area contributed by atoms with Gasteiger partial charge >= 0.3 is 0 Å². The van der Waals surface area contributed by atoms with Crippen LogP contribution in [-0.2, 0) is 19.1 Å². The second kappa shape index (κ2) is 9.44. The van der Waals surface area contributed by atoms with E-state index in [1.807, 2.05) is 41.5 Å². The largest absolute Gasteiger partial charge is 0.501 e. The summed E-state index contributed by atoms with van der Waals surface area (Å²) >= 11 is 0. The SMILES string of the molecule is COC(=CC(=O)C(C)(C)C)C(C)(C)C.COC(C)=CC(C)=O. The van der Waals surface area contributed by atoms with Gasteiger partial charge in [0.05, 0.1) is 20.0 Å². The highest BCUT2D eigenvalue weighted by Crippen LogP contribution is 2.27. The second-order valence-corrected chi connectivity index (χ2v) is 7.15. The molecule has 0 rings (SSSR count). The minimum Gasteiger partial charge on any atom is -0.501 e. The molecule has 22 heavy (non-hydrogen) atoms. The molecule has 0 heterocycles. The third-order valence-electron chi connectivity index (χ3n) is 2.69. The molecule has 128 valence electrons. The molecular weight excluding hydrogens is 280 g/mol. The Morgan fingerprint density at radius 2 is 1.23 bits per heavy atom. The van der Waals surface area contributed by atoms with Gasteiger partial charge in [0, 0.05) is 23.0 Å². The van der Waals surface area contributed by atoms with Crippen molar-refractivity contribution in [2.24, 2.45) is 10.8 Å². The minimum atomic E-state index is -0.338. The highest BCUT2D eigenvalue weighted by Gasteiger charge is 2.24. The van der Waals surface area contributed by atoms with E-state index >= 15 is 0 Å². The molecule has 0 aromatic rings. The summed E-state index contributed by atoms with van der Waals surface area (Å²) in [4.78, 5) is 22.0. The molecule has 4 heteroatoms. The van der Waals surface area contributed by atoms with Gasteiger partial charge in [-0.05, 0) is 13.8 Å². The lowest BCUT2D eigenvalue weighted by atomic mass is 9.87. The Kier molecular flexibility index (Phi) is 9.74. The molecule has 0 aromatic heterocycles. The zero-order chi connectivity index (χ0) is 18.1. The number of rotatable bonds is 4. The average molecular weight is 312 g/mol. The number of methoxy groups -OCH3 is 2. The first-order chi connectivity index (χ1) is 9.75. The van der Waals surface area contributed by atoms with Crippen molar-refractivity contribution < 1.29 is 19.1 Å². The van der Waals surface area contributed by atoms with Crippen LogP contribution in [0.5, 0.6) is 0 Å². The van der Waals surface area contributed by atoms with Crippen LogP contribution in [0.2, 0.25) is 0 Å². The van der Waals surface area contributed by atoms with Gasteiger partial charge in [0.25, 0.3) is 0 Å². The third-order valence-corrected chi connectivity index (χ3v) is 2.69. The van der Waals surface area contributed by atoms with Gasteiger partial charge in [0.2, 0.25) is 0 Å². The molecule has 4 nitrogen and oxygen atoms in total. The number of carbonyl (C=O) groups is 2. The number of hydrogen-bond acceptors (Lipinski definition) is 4. The van der Waals surface area contributed by atoms with E-state index < -0.39 is 0 Å². The molecule has 0 atom stereocenters. The van der Waals surface area contributed by atoms with Crippen molar-refractivity contribution in [2.75, 3.05) is 14.2 Å². The van der Waals surface area contributed by atoms with Crippen LogP contribution in [0.15, 0.2) is 23.7 Å². The number of ketones is 2. The van der Waals surface area contributed by atoms with Crippen LogP contribution < -0.4 is 0 Å². The summed E-state index contributed by atoms with van der Waals surface area (Å²) in [5, 5.41) is 0. The Bertz CT molecular complexity index is 429.